The van der Waals surface area contributed by atoms with Crippen LogP contribution in [0.3, 0.4) is 0 Å². The number of hydrogen-bond donors (Lipinski definition) is 1. The van der Waals surface area contributed by atoms with Gasteiger partial charge in [0.05, 0.1) is 15.5 Å². The van der Waals surface area contributed by atoms with Gasteiger partial charge in [-0.25, -0.2) is 0 Å². The van der Waals surface area contributed by atoms with Crippen LogP contribution in [0.2, 0.25) is 0 Å². The molecule has 2 aromatic rings. The predicted molar refractivity (Wildman–Crippen MR) is 72.1 cm³/mol. The predicted octanol–water partition coefficient (Wildman–Crippen LogP) is 4.81. The van der Waals surface area contributed by atoms with Gasteiger partial charge >= 0.3 is 6.18 Å². The van der Waals surface area contributed by atoms with Gasteiger partial charge in [0, 0.05) is 11.3 Å². The van der Waals surface area contributed by atoms with E-state index in [1.54, 1.807) is 0 Å². The molecule has 1 N–H and O–H groups in total. The van der Waals surface area contributed by atoms with Crippen LogP contribution in [-0.2, 0) is 12.6 Å². The SMILES string of the molecule is OC(Cc1ccc(Br)s1)c1ccc(C(F)(F)F)cc1. The van der Waals surface area contributed by atoms with E-state index in [9.17, 15) is 18.3 Å². The van der Waals surface area contributed by atoms with E-state index in [0.717, 1.165) is 20.8 Å². The lowest BCUT2D eigenvalue weighted by Gasteiger charge is -2.12. The average molecular weight is 351 g/mol. The highest BCUT2D eigenvalue weighted by Gasteiger charge is 2.30. The van der Waals surface area contributed by atoms with Crippen molar-refractivity contribution in [2.24, 2.45) is 0 Å². The Balaban J connectivity index is 2.09. The van der Waals surface area contributed by atoms with Crippen LogP contribution in [-0.4, -0.2) is 5.11 Å². The molecule has 2 rings (SSSR count). The number of alkyl halides is 3. The van der Waals surface area contributed by atoms with Gasteiger partial charge < -0.3 is 5.11 Å². The third-order valence-corrected chi connectivity index (χ3v) is 4.29. The molecule has 0 aliphatic rings. The van der Waals surface area contributed by atoms with E-state index < -0.39 is 17.8 Å². The second-order valence-corrected chi connectivity index (χ2v) is 6.59. The number of benzene rings is 1. The van der Waals surface area contributed by atoms with Crippen molar-refractivity contribution in [2.75, 3.05) is 0 Å². The van der Waals surface area contributed by atoms with Gasteiger partial charge in [-0.15, -0.1) is 11.3 Å². The maximum Gasteiger partial charge on any atom is 0.416 e. The van der Waals surface area contributed by atoms with Gasteiger partial charge in [-0.1, -0.05) is 12.1 Å². The van der Waals surface area contributed by atoms with Crippen molar-refractivity contribution in [3.05, 3.63) is 56.2 Å². The molecule has 1 aromatic carbocycles. The molecule has 0 fully saturated rings. The van der Waals surface area contributed by atoms with Gasteiger partial charge in [0.25, 0.3) is 0 Å². The molecule has 0 aliphatic carbocycles. The number of rotatable bonds is 3. The molecule has 0 aliphatic heterocycles. The summed E-state index contributed by atoms with van der Waals surface area (Å²) < 4.78 is 38.2. The fraction of sp³-hybridized carbons (Fsp3) is 0.231. The summed E-state index contributed by atoms with van der Waals surface area (Å²) in [4.78, 5) is 0.972. The van der Waals surface area contributed by atoms with Crippen molar-refractivity contribution in [3.8, 4) is 0 Å². The van der Waals surface area contributed by atoms with E-state index >= 15 is 0 Å². The van der Waals surface area contributed by atoms with Crippen LogP contribution < -0.4 is 0 Å². The Hall–Kier alpha value is -0.850. The highest BCUT2D eigenvalue weighted by atomic mass is 79.9. The molecule has 1 nitrogen and oxygen atoms in total. The third kappa shape index (κ3) is 3.81. The topological polar surface area (TPSA) is 20.2 Å². The number of thiophene rings is 1. The van der Waals surface area contributed by atoms with E-state index in [1.807, 2.05) is 12.1 Å². The largest absolute Gasteiger partial charge is 0.416 e. The lowest BCUT2D eigenvalue weighted by Crippen LogP contribution is -2.06. The summed E-state index contributed by atoms with van der Waals surface area (Å²) in [5.74, 6) is 0. The first-order chi connectivity index (χ1) is 8.86. The Morgan fingerprint density at radius 3 is 2.21 bits per heavy atom. The summed E-state index contributed by atoms with van der Waals surface area (Å²) in [7, 11) is 0. The molecule has 1 aromatic heterocycles. The van der Waals surface area contributed by atoms with E-state index in [-0.39, 0.29) is 0 Å². The lowest BCUT2D eigenvalue weighted by atomic mass is 10.0. The summed E-state index contributed by atoms with van der Waals surface area (Å²) in [6.45, 7) is 0. The molecular formula is C13H10BrF3OS. The Morgan fingerprint density at radius 1 is 1.11 bits per heavy atom. The van der Waals surface area contributed by atoms with Crippen LogP contribution in [0.4, 0.5) is 13.2 Å². The van der Waals surface area contributed by atoms with Crippen LogP contribution in [0, 0.1) is 0 Å². The first-order valence-corrected chi connectivity index (χ1v) is 7.06. The maximum absolute atomic E-state index is 12.4. The van der Waals surface area contributed by atoms with Gasteiger partial charge in [0.2, 0.25) is 0 Å². The molecule has 0 saturated carbocycles. The van der Waals surface area contributed by atoms with Crippen LogP contribution in [0.25, 0.3) is 0 Å². The molecule has 0 saturated heterocycles. The number of halogens is 4. The first kappa shape index (κ1) is 14.6. The quantitative estimate of drug-likeness (QED) is 0.842. The normalized spacial score (nSPS) is 13.5. The fourth-order valence-corrected chi connectivity index (χ4v) is 3.18. The molecule has 1 heterocycles. The minimum Gasteiger partial charge on any atom is -0.388 e. The lowest BCUT2D eigenvalue weighted by molar-refractivity contribution is -0.137. The molecule has 0 bridgehead atoms. The summed E-state index contributed by atoms with van der Waals surface area (Å²) in [6.07, 6.45) is -4.75. The van der Waals surface area contributed by atoms with Crippen molar-refractivity contribution >= 4 is 27.3 Å². The second kappa shape index (κ2) is 5.64. The van der Waals surface area contributed by atoms with Gasteiger partial charge in [-0.2, -0.15) is 13.2 Å². The van der Waals surface area contributed by atoms with Crippen molar-refractivity contribution < 1.29 is 18.3 Å². The molecule has 1 atom stereocenters. The minimum atomic E-state index is -4.35. The Morgan fingerprint density at radius 2 is 1.74 bits per heavy atom. The van der Waals surface area contributed by atoms with Crippen molar-refractivity contribution in [2.45, 2.75) is 18.7 Å². The second-order valence-electron chi connectivity index (χ2n) is 4.05. The number of aliphatic hydroxyl groups is 1. The Kier molecular flexibility index (Phi) is 4.32. The van der Waals surface area contributed by atoms with E-state index in [4.69, 9.17) is 0 Å². The Labute approximate surface area is 120 Å². The standard InChI is InChI=1S/C13H10BrF3OS/c14-12-6-5-10(19-12)7-11(18)8-1-3-9(4-2-8)13(15,16)17/h1-6,11,18H,7H2. The fourth-order valence-electron chi connectivity index (χ4n) is 1.66. The third-order valence-electron chi connectivity index (χ3n) is 2.65. The van der Waals surface area contributed by atoms with Crippen LogP contribution in [0.15, 0.2) is 40.2 Å². The molecule has 0 spiro atoms. The minimum absolute atomic E-state index is 0.391. The van der Waals surface area contributed by atoms with E-state index in [0.29, 0.717) is 12.0 Å². The summed E-state index contributed by atoms with van der Waals surface area (Å²) >= 11 is 4.82. The van der Waals surface area contributed by atoms with E-state index in [1.165, 1.54) is 23.5 Å². The number of hydrogen-bond acceptors (Lipinski definition) is 2. The van der Waals surface area contributed by atoms with Crippen molar-refractivity contribution in [3.63, 3.8) is 0 Å². The van der Waals surface area contributed by atoms with Gasteiger partial charge in [0.1, 0.15) is 0 Å². The van der Waals surface area contributed by atoms with E-state index in [2.05, 4.69) is 15.9 Å². The molecule has 6 heteroatoms. The molecule has 19 heavy (non-hydrogen) atoms. The van der Waals surface area contributed by atoms with Crippen LogP contribution in [0.1, 0.15) is 22.1 Å². The monoisotopic (exact) mass is 350 g/mol. The zero-order valence-electron chi connectivity index (χ0n) is 9.62. The molecule has 102 valence electrons. The smallest absolute Gasteiger partial charge is 0.388 e. The van der Waals surface area contributed by atoms with Crippen molar-refractivity contribution in [1.29, 1.82) is 0 Å². The van der Waals surface area contributed by atoms with Crippen molar-refractivity contribution in [1.82, 2.24) is 0 Å². The highest BCUT2D eigenvalue weighted by molar-refractivity contribution is 9.11. The summed E-state index contributed by atoms with van der Waals surface area (Å²) in [5.41, 5.74) is -0.222. The molecular weight excluding hydrogens is 341 g/mol. The van der Waals surface area contributed by atoms with Gasteiger partial charge in [0.15, 0.2) is 0 Å². The zero-order valence-corrected chi connectivity index (χ0v) is 12.0. The summed E-state index contributed by atoms with van der Waals surface area (Å²) in [5, 5.41) is 9.99. The van der Waals surface area contributed by atoms with Gasteiger partial charge in [-0.05, 0) is 45.8 Å². The zero-order chi connectivity index (χ0) is 14.0. The van der Waals surface area contributed by atoms with Crippen LogP contribution >= 0.6 is 27.3 Å². The molecule has 0 radical (unpaired) electrons. The molecule has 1 unspecified atom stereocenters. The first-order valence-electron chi connectivity index (χ1n) is 5.45. The maximum atomic E-state index is 12.4. The Bertz CT molecular complexity index is 548. The average Bonchev–Trinajstić information content (AvgIpc) is 2.74. The summed E-state index contributed by atoms with van der Waals surface area (Å²) in [6, 6.07) is 8.36. The van der Waals surface area contributed by atoms with Gasteiger partial charge in [-0.3, -0.25) is 0 Å². The molecule has 0 amide bonds. The highest BCUT2D eigenvalue weighted by Crippen LogP contribution is 2.31. The van der Waals surface area contributed by atoms with Crippen LogP contribution in [0.5, 0.6) is 0 Å². The number of aliphatic hydroxyl groups excluding tert-OH is 1.